The number of unbranched alkanes of at least 4 members (excludes halogenated alkanes) is 4. The second kappa shape index (κ2) is 10.9. The molecular weight excluding hydrogens is 436 g/mol. The van der Waals surface area contributed by atoms with E-state index in [4.69, 9.17) is 19.6 Å². The van der Waals surface area contributed by atoms with Crippen molar-refractivity contribution in [2.24, 2.45) is 16.2 Å². The summed E-state index contributed by atoms with van der Waals surface area (Å²) in [6.07, 6.45) is 23.1. The average Bonchev–Trinajstić information content (AvgIpc) is 2.82. The molecule has 0 aromatic rings. The molecule has 204 valence electrons. The highest BCUT2D eigenvalue weighted by atomic mass is 17.3. The molecular formula is C31H56O4. The van der Waals surface area contributed by atoms with E-state index < -0.39 is 0 Å². The molecule has 4 atom stereocenters. The molecule has 4 rings (SSSR count). The molecule has 0 bridgehead atoms. The Hall–Kier alpha value is -0.160. The molecule has 4 aliphatic rings. The van der Waals surface area contributed by atoms with Gasteiger partial charge in [0, 0.05) is 5.41 Å². The Morgan fingerprint density at radius 2 is 0.914 bits per heavy atom. The Morgan fingerprint density at radius 1 is 0.571 bits per heavy atom. The molecule has 4 unspecified atom stereocenters. The van der Waals surface area contributed by atoms with Crippen LogP contribution >= 0.6 is 0 Å². The highest BCUT2D eigenvalue weighted by Crippen LogP contribution is 2.68. The Balaban J connectivity index is 1.52. The third-order valence-electron chi connectivity index (χ3n) is 11.3. The van der Waals surface area contributed by atoms with Gasteiger partial charge in [-0.2, -0.15) is 0 Å². The summed E-state index contributed by atoms with van der Waals surface area (Å²) in [7, 11) is 0. The zero-order valence-corrected chi connectivity index (χ0v) is 24.0. The van der Waals surface area contributed by atoms with Gasteiger partial charge in [0.1, 0.15) is 23.4 Å². The van der Waals surface area contributed by atoms with Crippen molar-refractivity contribution in [3.63, 3.8) is 0 Å². The van der Waals surface area contributed by atoms with E-state index in [0.29, 0.717) is 10.8 Å². The first-order valence-electron chi connectivity index (χ1n) is 15.5. The molecule has 2 aliphatic heterocycles. The first-order chi connectivity index (χ1) is 16.8. The molecule has 0 radical (unpaired) electrons. The minimum atomic E-state index is -0.246. The summed E-state index contributed by atoms with van der Waals surface area (Å²) >= 11 is 0. The fourth-order valence-corrected chi connectivity index (χ4v) is 8.52. The van der Waals surface area contributed by atoms with Crippen LogP contribution in [0.15, 0.2) is 0 Å². The van der Waals surface area contributed by atoms with Crippen molar-refractivity contribution in [2.45, 2.75) is 181 Å². The van der Waals surface area contributed by atoms with Gasteiger partial charge in [-0.3, -0.25) is 0 Å². The summed E-state index contributed by atoms with van der Waals surface area (Å²) in [5.41, 5.74) is 0.217. The van der Waals surface area contributed by atoms with E-state index in [1.54, 1.807) is 0 Å². The van der Waals surface area contributed by atoms with Gasteiger partial charge in [-0.1, -0.05) is 92.9 Å². The van der Waals surface area contributed by atoms with Crippen LogP contribution in [0.4, 0.5) is 0 Å². The molecule has 0 aromatic heterocycles. The number of hydrogen-bond donors (Lipinski definition) is 0. The number of hydrogen-bond acceptors (Lipinski definition) is 4. The van der Waals surface area contributed by atoms with Crippen LogP contribution in [-0.2, 0) is 19.6 Å². The summed E-state index contributed by atoms with van der Waals surface area (Å²) in [5.74, 6) is 0. The average molecular weight is 493 g/mol. The predicted octanol–water partition coefficient (Wildman–Crippen LogP) is 9.25. The summed E-state index contributed by atoms with van der Waals surface area (Å²) in [5, 5.41) is 0. The molecule has 4 nitrogen and oxygen atoms in total. The van der Waals surface area contributed by atoms with Crippen molar-refractivity contribution >= 4 is 0 Å². The summed E-state index contributed by atoms with van der Waals surface area (Å²) in [4.78, 5) is 24.4. The molecule has 4 heteroatoms. The van der Waals surface area contributed by atoms with Crippen LogP contribution < -0.4 is 0 Å². The van der Waals surface area contributed by atoms with E-state index in [9.17, 15) is 0 Å². The highest BCUT2D eigenvalue weighted by Gasteiger charge is 2.76. The third kappa shape index (κ3) is 4.66. The van der Waals surface area contributed by atoms with Crippen LogP contribution in [0.25, 0.3) is 0 Å². The lowest BCUT2D eigenvalue weighted by Crippen LogP contribution is -2.79. The van der Waals surface area contributed by atoms with E-state index >= 15 is 0 Å². The van der Waals surface area contributed by atoms with E-state index in [1.165, 1.54) is 89.9 Å². The Bertz CT molecular complexity index is 617. The SMILES string of the molecule is CCCCC1(CCCC)CCC2(C(C)(C)C34CCC(CCCC)(CCCC)CC3OO4)OOC2C1. The van der Waals surface area contributed by atoms with Crippen LogP contribution in [0, 0.1) is 16.2 Å². The van der Waals surface area contributed by atoms with Crippen LogP contribution in [0.5, 0.6) is 0 Å². The second-order valence-electron chi connectivity index (χ2n) is 13.6. The van der Waals surface area contributed by atoms with Gasteiger partial charge in [0.05, 0.1) is 0 Å². The lowest BCUT2D eigenvalue weighted by molar-refractivity contribution is -0.599. The fraction of sp³-hybridized carbons (Fsp3) is 1.00. The van der Waals surface area contributed by atoms with Crippen molar-refractivity contribution < 1.29 is 19.6 Å². The van der Waals surface area contributed by atoms with Crippen LogP contribution in [0.3, 0.4) is 0 Å². The minimum absolute atomic E-state index is 0.144. The van der Waals surface area contributed by atoms with Crippen molar-refractivity contribution in [2.75, 3.05) is 0 Å². The van der Waals surface area contributed by atoms with Gasteiger partial charge >= 0.3 is 0 Å². The standard InChI is InChI=1S/C31H56O4/c1-7-11-15-28(16-12-8-2)19-21-30(25(23-28)32-34-30)27(5,6)31-22-20-29(17-13-9-3,18-14-10-4)24-26(31)33-35-31/h25-26H,7-24H2,1-6H3. The smallest absolute Gasteiger partial charge is 0.141 e. The van der Waals surface area contributed by atoms with Crippen molar-refractivity contribution in [3.8, 4) is 0 Å². The fourth-order valence-electron chi connectivity index (χ4n) is 8.52. The van der Waals surface area contributed by atoms with Crippen LogP contribution in [-0.4, -0.2) is 23.4 Å². The molecule has 4 fully saturated rings. The van der Waals surface area contributed by atoms with Crippen molar-refractivity contribution in [3.05, 3.63) is 0 Å². The lowest BCUT2D eigenvalue weighted by Gasteiger charge is -2.69. The van der Waals surface area contributed by atoms with Crippen molar-refractivity contribution in [1.29, 1.82) is 0 Å². The minimum Gasteiger partial charge on any atom is -0.229 e. The molecule has 0 aromatic carbocycles. The largest absolute Gasteiger partial charge is 0.229 e. The first kappa shape index (κ1) is 27.9. The van der Waals surface area contributed by atoms with E-state index in [2.05, 4.69) is 41.5 Å². The summed E-state index contributed by atoms with van der Waals surface area (Å²) in [6.45, 7) is 14.1. The van der Waals surface area contributed by atoms with Crippen LogP contribution in [0.2, 0.25) is 0 Å². The topological polar surface area (TPSA) is 36.9 Å². The molecule has 0 spiro atoms. The van der Waals surface area contributed by atoms with Gasteiger partial charge in [0.15, 0.2) is 0 Å². The van der Waals surface area contributed by atoms with Gasteiger partial charge in [-0.15, -0.1) is 0 Å². The van der Waals surface area contributed by atoms with Crippen molar-refractivity contribution in [1.82, 2.24) is 0 Å². The molecule has 35 heavy (non-hydrogen) atoms. The van der Waals surface area contributed by atoms with Gasteiger partial charge in [0.25, 0.3) is 0 Å². The van der Waals surface area contributed by atoms with E-state index in [1.807, 2.05) is 0 Å². The zero-order chi connectivity index (χ0) is 25.2. The van der Waals surface area contributed by atoms with Gasteiger partial charge < -0.3 is 0 Å². The number of rotatable bonds is 14. The Kier molecular flexibility index (Phi) is 8.68. The molecule has 2 saturated heterocycles. The zero-order valence-electron chi connectivity index (χ0n) is 24.0. The summed E-state index contributed by atoms with van der Waals surface area (Å²) < 4.78 is 0. The third-order valence-corrected chi connectivity index (χ3v) is 11.3. The quantitative estimate of drug-likeness (QED) is 0.226. The second-order valence-corrected chi connectivity index (χ2v) is 13.6. The molecule has 2 aliphatic carbocycles. The Labute approximate surface area is 216 Å². The van der Waals surface area contributed by atoms with Gasteiger partial charge in [-0.05, 0) is 75.0 Å². The normalized spacial score (nSPS) is 35.5. The predicted molar refractivity (Wildman–Crippen MR) is 142 cm³/mol. The first-order valence-corrected chi connectivity index (χ1v) is 15.5. The highest BCUT2D eigenvalue weighted by molar-refractivity contribution is 5.20. The maximum atomic E-state index is 6.24. The number of fused-ring (bicyclic) bond motifs is 2. The maximum absolute atomic E-state index is 6.24. The maximum Gasteiger partial charge on any atom is 0.141 e. The molecule has 2 saturated carbocycles. The summed E-state index contributed by atoms with van der Waals surface area (Å²) in [6, 6.07) is 0. The molecule has 0 N–H and O–H groups in total. The molecule has 2 heterocycles. The molecule has 0 amide bonds. The van der Waals surface area contributed by atoms with E-state index in [0.717, 1.165) is 25.7 Å². The Morgan fingerprint density at radius 3 is 1.14 bits per heavy atom. The van der Waals surface area contributed by atoms with Crippen LogP contribution in [0.1, 0.15) is 157 Å². The van der Waals surface area contributed by atoms with E-state index in [-0.39, 0.29) is 28.8 Å². The lowest BCUT2D eigenvalue weighted by atomic mass is 9.48. The van der Waals surface area contributed by atoms with Gasteiger partial charge in [-0.25, -0.2) is 19.6 Å². The van der Waals surface area contributed by atoms with Gasteiger partial charge in [0.2, 0.25) is 0 Å². The monoisotopic (exact) mass is 492 g/mol.